The van der Waals surface area contributed by atoms with E-state index in [1.54, 1.807) is 0 Å². The van der Waals surface area contributed by atoms with E-state index in [4.69, 9.17) is 0 Å². The molecule has 0 spiro atoms. The van der Waals surface area contributed by atoms with Crippen LogP contribution < -0.4 is 5.32 Å². The molecule has 2 rings (SSSR count). The molecule has 0 unspecified atom stereocenters. The highest BCUT2D eigenvalue weighted by molar-refractivity contribution is 5.54. The minimum atomic E-state index is 0.782. The van der Waals surface area contributed by atoms with Gasteiger partial charge in [-0.05, 0) is 26.2 Å². The van der Waals surface area contributed by atoms with Crippen LogP contribution in [0.25, 0.3) is 6.08 Å². The average Bonchev–Trinajstić information content (AvgIpc) is 3.01. The molecule has 1 aromatic heterocycles. The van der Waals surface area contributed by atoms with E-state index in [1.165, 1.54) is 24.0 Å². The van der Waals surface area contributed by atoms with Gasteiger partial charge in [0, 0.05) is 31.4 Å². The van der Waals surface area contributed by atoms with Crippen LogP contribution in [0, 0.1) is 6.92 Å². The first-order chi connectivity index (χ1) is 7.69. The van der Waals surface area contributed by atoms with E-state index in [9.17, 15) is 0 Å². The first kappa shape index (κ1) is 11.4. The van der Waals surface area contributed by atoms with Crippen LogP contribution in [-0.4, -0.2) is 22.4 Å². The smallest absolute Gasteiger partial charge is 0.0665 e. The lowest BCUT2D eigenvalue weighted by Gasteiger charge is -2.05. The van der Waals surface area contributed by atoms with Crippen molar-refractivity contribution in [2.45, 2.75) is 39.2 Å². The van der Waals surface area contributed by atoms with Gasteiger partial charge in [0.25, 0.3) is 0 Å². The maximum absolute atomic E-state index is 4.36. The number of aromatic nitrogens is 2. The number of nitrogens with zero attached hydrogens (tertiary/aromatic N) is 2. The largest absolute Gasteiger partial charge is 0.310 e. The van der Waals surface area contributed by atoms with Gasteiger partial charge in [-0.15, -0.1) is 0 Å². The van der Waals surface area contributed by atoms with Crippen molar-refractivity contribution in [3.05, 3.63) is 23.0 Å². The Morgan fingerprint density at radius 1 is 1.62 bits per heavy atom. The van der Waals surface area contributed by atoms with Crippen molar-refractivity contribution in [2.24, 2.45) is 7.05 Å². The molecule has 1 heterocycles. The third-order valence-electron chi connectivity index (χ3n) is 3.06. The van der Waals surface area contributed by atoms with Crippen LogP contribution in [0.3, 0.4) is 0 Å². The summed E-state index contributed by atoms with van der Waals surface area (Å²) in [7, 11) is 1.97. The zero-order valence-electron chi connectivity index (χ0n) is 10.5. The third kappa shape index (κ3) is 2.95. The molecular weight excluding hydrogens is 198 g/mol. The molecule has 1 N–H and O–H groups in total. The maximum atomic E-state index is 4.36. The second-order valence-electron chi connectivity index (χ2n) is 4.65. The second-order valence-corrected chi connectivity index (χ2v) is 4.65. The molecular formula is C13H21N3. The molecule has 88 valence electrons. The summed E-state index contributed by atoms with van der Waals surface area (Å²) in [4.78, 5) is 0. The van der Waals surface area contributed by atoms with E-state index in [2.05, 4.69) is 36.5 Å². The lowest BCUT2D eigenvalue weighted by Crippen LogP contribution is -2.18. The summed E-state index contributed by atoms with van der Waals surface area (Å²) in [6.45, 7) is 5.30. The summed E-state index contributed by atoms with van der Waals surface area (Å²) < 4.78 is 1.88. The zero-order valence-corrected chi connectivity index (χ0v) is 10.5. The van der Waals surface area contributed by atoms with Crippen LogP contribution in [0.4, 0.5) is 0 Å². The summed E-state index contributed by atoms with van der Waals surface area (Å²) in [5.74, 6) is 0. The molecule has 1 saturated carbocycles. The topological polar surface area (TPSA) is 29.9 Å². The Labute approximate surface area is 97.5 Å². The standard InChI is InChI=1S/C13H21N3/c1-4-11(8-14-13-5-6-13)7-12-9-16(3)15-10(12)2/h7,9,13-14H,4-6,8H2,1-3H3. The summed E-state index contributed by atoms with van der Waals surface area (Å²) in [5.41, 5.74) is 3.82. The van der Waals surface area contributed by atoms with Gasteiger partial charge in [0.15, 0.2) is 0 Å². The minimum Gasteiger partial charge on any atom is -0.310 e. The van der Waals surface area contributed by atoms with E-state index in [0.29, 0.717) is 0 Å². The first-order valence-corrected chi connectivity index (χ1v) is 6.12. The van der Waals surface area contributed by atoms with Gasteiger partial charge in [0.1, 0.15) is 0 Å². The lowest BCUT2D eigenvalue weighted by molar-refractivity contribution is 0.723. The number of rotatable bonds is 5. The number of hydrogen-bond donors (Lipinski definition) is 1. The molecule has 1 aliphatic carbocycles. The number of nitrogens with one attached hydrogen (secondary N) is 1. The summed E-state index contributed by atoms with van der Waals surface area (Å²) in [5, 5.41) is 7.92. The number of aryl methyl sites for hydroxylation is 2. The maximum Gasteiger partial charge on any atom is 0.0665 e. The van der Waals surface area contributed by atoms with Gasteiger partial charge in [-0.1, -0.05) is 18.6 Å². The van der Waals surface area contributed by atoms with Crippen molar-refractivity contribution < 1.29 is 0 Å². The molecule has 1 fully saturated rings. The predicted molar refractivity (Wildman–Crippen MR) is 67.2 cm³/mol. The summed E-state index contributed by atoms with van der Waals surface area (Å²) in [6.07, 6.45) is 8.17. The van der Waals surface area contributed by atoms with Gasteiger partial charge in [0.05, 0.1) is 5.69 Å². The first-order valence-electron chi connectivity index (χ1n) is 6.12. The van der Waals surface area contributed by atoms with Gasteiger partial charge >= 0.3 is 0 Å². The van der Waals surface area contributed by atoms with E-state index in [-0.39, 0.29) is 0 Å². The molecule has 3 nitrogen and oxygen atoms in total. The molecule has 3 heteroatoms. The third-order valence-corrected chi connectivity index (χ3v) is 3.06. The fourth-order valence-electron chi connectivity index (χ4n) is 1.82. The molecule has 1 aliphatic rings. The summed E-state index contributed by atoms with van der Waals surface area (Å²) in [6, 6.07) is 0.782. The van der Waals surface area contributed by atoms with E-state index >= 15 is 0 Å². The van der Waals surface area contributed by atoms with Gasteiger partial charge in [-0.3, -0.25) is 4.68 Å². The van der Waals surface area contributed by atoms with Crippen molar-refractivity contribution in [1.29, 1.82) is 0 Å². The molecule has 0 amide bonds. The number of hydrogen-bond acceptors (Lipinski definition) is 2. The Morgan fingerprint density at radius 2 is 2.38 bits per heavy atom. The van der Waals surface area contributed by atoms with Crippen LogP contribution in [0.1, 0.15) is 37.4 Å². The Balaban J connectivity index is 2.02. The van der Waals surface area contributed by atoms with Gasteiger partial charge in [-0.25, -0.2) is 0 Å². The van der Waals surface area contributed by atoms with Crippen LogP contribution in [0.2, 0.25) is 0 Å². The highest BCUT2D eigenvalue weighted by atomic mass is 15.2. The minimum absolute atomic E-state index is 0.782. The zero-order chi connectivity index (χ0) is 11.5. The average molecular weight is 219 g/mol. The molecule has 1 aromatic rings. The highest BCUT2D eigenvalue weighted by Crippen LogP contribution is 2.19. The Hall–Kier alpha value is -1.09. The quantitative estimate of drug-likeness (QED) is 0.823. The van der Waals surface area contributed by atoms with Crippen LogP contribution in [0.15, 0.2) is 11.8 Å². The molecule has 0 bridgehead atoms. The predicted octanol–water partition coefficient (Wildman–Crippen LogP) is 2.27. The van der Waals surface area contributed by atoms with Crippen molar-refractivity contribution in [3.63, 3.8) is 0 Å². The van der Waals surface area contributed by atoms with Crippen molar-refractivity contribution in [1.82, 2.24) is 15.1 Å². The van der Waals surface area contributed by atoms with E-state index in [0.717, 1.165) is 24.7 Å². The summed E-state index contributed by atoms with van der Waals surface area (Å²) >= 11 is 0. The molecule has 0 radical (unpaired) electrons. The molecule has 0 atom stereocenters. The van der Waals surface area contributed by atoms with Gasteiger partial charge < -0.3 is 5.32 Å². The Morgan fingerprint density at radius 3 is 2.88 bits per heavy atom. The van der Waals surface area contributed by atoms with E-state index < -0.39 is 0 Å². The molecule has 0 saturated heterocycles. The van der Waals surface area contributed by atoms with Crippen LogP contribution >= 0.6 is 0 Å². The highest BCUT2D eigenvalue weighted by Gasteiger charge is 2.20. The fourth-order valence-corrected chi connectivity index (χ4v) is 1.82. The normalized spacial score (nSPS) is 16.8. The Bertz CT molecular complexity index is 386. The van der Waals surface area contributed by atoms with Gasteiger partial charge in [0.2, 0.25) is 0 Å². The van der Waals surface area contributed by atoms with Gasteiger partial charge in [-0.2, -0.15) is 5.10 Å². The Kier molecular flexibility index (Phi) is 3.44. The lowest BCUT2D eigenvalue weighted by atomic mass is 10.1. The fraction of sp³-hybridized carbons (Fsp3) is 0.615. The van der Waals surface area contributed by atoms with Crippen LogP contribution in [-0.2, 0) is 7.05 Å². The van der Waals surface area contributed by atoms with Crippen LogP contribution in [0.5, 0.6) is 0 Å². The molecule has 0 aliphatic heterocycles. The monoisotopic (exact) mass is 219 g/mol. The SMILES string of the molecule is CCC(=Cc1cn(C)nc1C)CNC1CC1. The second kappa shape index (κ2) is 4.83. The van der Waals surface area contributed by atoms with E-state index in [1.807, 2.05) is 11.7 Å². The molecule has 16 heavy (non-hydrogen) atoms. The van der Waals surface area contributed by atoms with Crippen molar-refractivity contribution >= 4 is 6.08 Å². The van der Waals surface area contributed by atoms with Crippen molar-refractivity contribution in [3.8, 4) is 0 Å². The van der Waals surface area contributed by atoms with Crippen molar-refractivity contribution in [2.75, 3.05) is 6.54 Å². The molecule has 0 aromatic carbocycles.